The molecule has 5 heteroatoms. The predicted molar refractivity (Wildman–Crippen MR) is 79.8 cm³/mol. The SMILES string of the molecule is CCCNc1ccccc1C(=O)NCCc1cnc[nH]1. The molecule has 2 rings (SSSR count). The number of benzene rings is 1. The Balaban J connectivity index is 1.91. The van der Waals surface area contributed by atoms with Crippen LogP contribution < -0.4 is 10.6 Å². The summed E-state index contributed by atoms with van der Waals surface area (Å²) in [6.07, 6.45) is 5.18. The summed E-state index contributed by atoms with van der Waals surface area (Å²) in [5.74, 6) is -0.0521. The van der Waals surface area contributed by atoms with Gasteiger partial charge in [-0.3, -0.25) is 4.79 Å². The Kier molecular flexibility index (Phi) is 5.17. The van der Waals surface area contributed by atoms with Gasteiger partial charge in [-0.1, -0.05) is 19.1 Å². The Bertz CT molecular complexity index is 537. The van der Waals surface area contributed by atoms with Crippen LogP contribution in [0, 0.1) is 0 Å². The zero-order chi connectivity index (χ0) is 14.2. The number of H-pyrrole nitrogens is 1. The maximum atomic E-state index is 12.2. The average Bonchev–Trinajstić information content (AvgIpc) is 2.98. The minimum absolute atomic E-state index is 0.0521. The molecule has 3 N–H and O–H groups in total. The van der Waals surface area contributed by atoms with Crippen molar-refractivity contribution in [3.63, 3.8) is 0 Å². The molecule has 0 saturated carbocycles. The van der Waals surface area contributed by atoms with E-state index in [1.807, 2.05) is 24.3 Å². The third-order valence-corrected chi connectivity index (χ3v) is 2.97. The van der Waals surface area contributed by atoms with Crippen LogP contribution >= 0.6 is 0 Å². The number of carbonyl (C=O) groups excluding carboxylic acids is 1. The van der Waals surface area contributed by atoms with Crippen LogP contribution in [-0.2, 0) is 6.42 Å². The van der Waals surface area contributed by atoms with E-state index in [1.165, 1.54) is 0 Å². The number of aromatic nitrogens is 2. The van der Waals surface area contributed by atoms with Crippen molar-refractivity contribution in [1.29, 1.82) is 0 Å². The summed E-state index contributed by atoms with van der Waals surface area (Å²) in [6.45, 7) is 3.54. The average molecular weight is 272 g/mol. The van der Waals surface area contributed by atoms with Gasteiger partial charge in [-0.2, -0.15) is 0 Å². The number of hydrogen-bond donors (Lipinski definition) is 3. The van der Waals surface area contributed by atoms with Crippen molar-refractivity contribution in [1.82, 2.24) is 15.3 Å². The second-order valence-corrected chi connectivity index (χ2v) is 4.56. The number of aromatic amines is 1. The predicted octanol–water partition coefficient (Wildman–Crippen LogP) is 2.20. The van der Waals surface area contributed by atoms with Crippen molar-refractivity contribution >= 4 is 11.6 Å². The molecule has 0 fully saturated rings. The lowest BCUT2D eigenvalue weighted by atomic mass is 10.1. The van der Waals surface area contributed by atoms with Crippen LogP contribution in [-0.4, -0.2) is 29.0 Å². The summed E-state index contributed by atoms with van der Waals surface area (Å²) in [6, 6.07) is 7.57. The van der Waals surface area contributed by atoms with Crippen LogP contribution in [0.1, 0.15) is 29.4 Å². The van der Waals surface area contributed by atoms with Crippen molar-refractivity contribution in [2.24, 2.45) is 0 Å². The van der Waals surface area contributed by atoms with Crippen molar-refractivity contribution in [2.45, 2.75) is 19.8 Å². The van der Waals surface area contributed by atoms with Gasteiger partial charge < -0.3 is 15.6 Å². The maximum Gasteiger partial charge on any atom is 0.253 e. The molecular weight excluding hydrogens is 252 g/mol. The van der Waals surface area contributed by atoms with Gasteiger partial charge in [-0.15, -0.1) is 0 Å². The Hall–Kier alpha value is -2.30. The molecule has 0 aliphatic heterocycles. The largest absolute Gasteiger partial charge is 0.384 e. The number of nitrogens with one attached hydrogen (secondary N) is 3. The molecule has 20 heavy (non-hydrogen) atoms. The lowest BCUT2D eigenvalue weighted by molar-refractivity contribution is 0.0955. The first-order chi connectivity index (χ1) is 9.81. The highest BCUT2D eigenvalue weighted by molar-refractivity contribution is 5.99. The molecule has 0 aliphatic carbocycles. The molecule has 0 aliphatic rings. The van der Waals surface area contributed by atoms with Gasteiger partial charge >= 0.3 is 0 Å². The Labute approximate surface area is 118 Å². The summed E-state index contributed by atoms with van der Waals surface area (Å²) in [7, 11) is 0. The summed E-state index contributed by atoms with van der Waals surface area (Å²) >= 11 is 0. The summed E-state index contributed by atoms with van der Waals surface area (Å²) in [5, 5.41) is 6.20. The summed E-state index contributed by atoms with van der Waals surface area (Å²) < 4.78 is 0. The third-order valence-electron chi connectivity index (χ3n) is 2.97. The van der Waals surface area contributed by atoms with E-state index >= 15 is 0 Å². The molecule has 1 heterocycles. The molecule has 1 aromatic heterocycles. The number of rotatable bonds is 7. The van der Waals surface area contributed by atoms with Gasteiger partial charge in [-0.05, 0) is 18.6 Å². The van der Waals surface area contributed by atoms with Crippen LogP contribution in [0.3, 0.4) is 0 Å². The molecule has 2 aromatic rings. The molecule has 0 saturated heterocycles. The number of amides is 1. The minimum atomic E-state index is -0.0521. The first-order valence-electron chi connectivity index (χ1n) is 6.89. The Morgan fingerprint density at radius 3 is 2.90 bits per heavy atom. The molecule has 0 radical (unpaired) electrons. The standard InChI is InChI=1S/C15H20N4O/c1-2-8-17-14-6-4-3-5-13(14)15(20)18-9-7-12-10-16-11-19-12/h3-6,10-11,17H,2,7-9H2,1H3,(H,16,19)(H,18,20). The first kappa shape index (κ1) is 14.1. The van der Waals surface area contributed by atoms with Gasteiger partial charge in [0, 0.05) is 37.1 Å². The quantitative estimate of drug-likeness (QED) is 0.723. The van der Waals surface area contributed by atoms with Crippen LogP contribution in [0.4, 0.5) is 5.69 Å². The second kappa shape index (κ2) is 7.33. The van der Waals surface area contributed by atoms with Crippen LogP contribution in [0.2, 0.25) is 0 Å². The second-order valence-electron chi connectivity index (χ2n) is 4.56. The number of carbonyl (C=O) groups is 1. The van der Waals surface area contributed by atoms with Crippen LogP contribution in [0.15, 0.2) is 36.8 Å². The summed E-state index contributed by atoms with van der Waals surface area (Å²) in [5.41, 5.74) is 2.58. The molecule has 106 valence electrons. The number of para-hydroxylation sites is 1. The van der Waals surface area contributed by atoms with Gasteiger partial charge in [0.2, 0.25) is 0 Å². The Morgan fingerprint density at radius 1 is 1.30 bits per heavy atom. The molecular formula is C15H20N4O. The molecule has 1 aromatic carbocycles. The van der Waals surface area contributed by atoms with Crippen LogP contribution in [0.5, 0.6) is 0 Å². The topological polar surface area (TPSA) is 69.8 Å². The molecule has 0 unspecified atom stereocenters. The van der Waals surface area contributed by atoms with Gasteiger partial charge in [0.05, 0.1) is 11.9 Å². The molecule has 5 nitrogen and oxygen atoms in total. The smallest absolute Gasteiger partial charge is 0.253 e. The fourth-order valence-corrected chi connectivity index (χ4v) is 1.92. The normalized spacial score (nSPS) is 10.2. The van der Waals surface area contributed by atoms with E-state index in [2.05, 4.69) is 27.5 Å². The summed E-state index contributed by atoms with van der Waals surface area (Å²) in [4.78, 5) is 19.1. The number of hydrogen-bond acceptors (Lipinski definition) is 3. The highest BCUT2D eigenvalue weighted by Crippen LogP contribution is 2.14. The minimum Gasteiger partial charge on any atom is -0.384 e. The van der Waals surface area contributed by atoms with E-state index in [1.54, 1.807) is 12.5 Å². The number of nitrogens with zero attached hydrogens (tertiary/aromatic N) is 1. The van der Waals surface area contributed by atoms with Crippen LogP contribution in [0.25, 0.3) is 0 Å². The van der Waals surface area contributed by atoms with Gasteiger partial charge in [0.1, 0.15) is 0 Å². The van der Waals surface area contributed by atoms with Gasteiger partial charge in [0.15, 0.2) is 0 Å². The van der Waals surface area contributed by atoms with Gasteiger partial charge in [-0.25, -0.2) is 4.98 Å². The van der Waals surface area contributed by atoms with E-state index in [-0.39, 0.29) is 5.91 Å². The molecule has 0 atom stereocenters. The number of imidazole rings is 1. The fraction of sp³-hybridized carbons (Fsp3) is 0.333. The first-order valence-corrected chi connectivity index (χ1v) is 6.89. The molecule has 0 bridgehead atoms. The highest BCUT2D eigenvalue weighted by atomic mass is 16.1. The van der Waals surface area contributed by atoms with Gasteiger partial charge in [0.25, 0.3) is 5.91 Å². The van der Waals surface area contributed by atoms with Crippen molar-refractivity contribution < 1.29 is 4.79 Å². The van der Waals surface area contributed by atoms with E-state index in [9.17, 15) is 4.79 Å². The van der Waals surface area contributed by atoms with Crippen molar-refractivity contribution in [2.75, 3.05) is 18.4 Å². The maximum absolute atomic E-state index is 12.2. The number of anilines is 1. The Morgan fingerprint density at radius 2 is 2.15 bits per heavy atom. The highest BCUT2D eigenvalue weighted by Gasteiger charge is 2.09. The van der Waals surface area contributed by atoms with E-state index in [0.717, 1.165) is 30.8 Å². The van der Waals surface area contributed by atoms with E-state index in [4.69, 9.17) is 0 Å². The van der Waals surface area contributed by atoms with Crippen molar-refractivity contribution in [3.05, 3.63) is 48.0 Å². The third kappa shape index (κ3) is 3.85. The van der Waals surface area contributed by atoms with E-state index in [0.29, 0.717) is 12.1 Å². The molecule has 1 amide bonds. The lowest BCUT2D eigenvalue weighted by Crippen LogP contribution is -2.26. The monoisotopic (exact) mass is 272 g/mol. The molecule has 0 spiro atoms. The van der Waals surface area contributed by atoms with Crippen molar-refractivity contribution in [3.8, 4) is 0 Å². The zero-order valence-electron chi connectivity index (χ0n) is 11.6. The fourth-order valence-electron chi connectivity index (χ4n) is 1.92. The lowest BCUT2D eigenvalue weighted by Gasteiger charge is -2.11. The van der Waals surface area contributed by atoms with E-state index < -0.39 is 0 Å². The zero-order valence-corrected chi connectivity index (χ0v) is 11.6.